The van der Waals surface area contributed by atoms with Gasteiger partial charge in [0.25, 0.3) is 0 Å². The lowest BCUT2D eigenvalue weighted by molar-refractivity contribution is 0.0392. The Balaban J connectivity index is 1.60. The van der Waals surface area contributed by atoms with Crippen molar-refractivity contribution < 1.29 is 4.74 Å². The topological polar surface area (TPSA) is 15.7 Å². The smallest absolute Gasteiger partial charge is 0.0915 e. The quantitative estimate of drug-likeness (QED) is 0.806. The summed E-state index contributed by atoms with van der Waals surface area (Å²) in [5.41, 5.74) is 2.80. The second kappa shape index (κ2) is 5.72. The fourth-order valence-corrected chi connectivity index (χ4v) is 2.66. The number of nitrogens with zero attached hydrogens (tertiary/aromatic N) is 2. The molecule has 2 radical (unpaired) electrons. The van der Waals surface area contributed by atoms with Crippen LogP contribution in [0.25, 0.3) is 0 Å². The highest BCUT2D eigenvalue weighted by Crippen LogP contribution is 2.28. The van der Waals surface area contributed by atoms with Crippen molar-refractivity contribution in [3.05, 3.63) is 36.4 Å². The van der Waals surface area contributed by atoms with Gasteiger partial charge in [-0.15, -0.1) is 0 Å². The molecule has 0 unspecified atom stereocenters. The summed E-state index contributed by atoms with van der Waals surface area (Å²) in [5, 5.41) is 0. The van der Waals surface area contributed by atoms with Crippen LogP contribution in [0.3, 0.4) is 0 Å². The van der Waals surface area contributed by atoms with Gasteiger partial charge < -0.3 is 9.64 Å². The highest BCUT2D eigenvalue weighted by molar-refractivity contribution is 5.57. The molecule has 0 saturated carbocycles. The van der Waals surface area contributed by atoms with Crippen LogP contribution in [0, 0.1) is 6.54 Å². The van der Waals surface area contributed by atoms with Crippen LogP contribution in [0.5, 0.6) is 0 Å². The van der Waals surface area contributed by atoms with E-state index in [0.717, 1.165) is 52.2 Å². The van der Waals surface area contributed by atoms with E-state index in [4.69, 9.17) is 4.74 Å². The van der Waals surface area contributed by atoms with E-state index in [-0.39, 0.29) is 0 Å². The van der Waals surface area contributed by atoms with Gasteiger partial charge in [-0.1, -0.05) is 18.2 Å². The lowest BCUT2D eigenvalue weighted by Gasteiger charge is -2.33. The molecule has 2 aliphatic heterocycles. The molecule has 0 amide bonds. The minimum Gasteiger partial charge on any atom is -0.379 e. The molecule has 0 bridgehead atoms. The average molecular weight is 244 g/mol. The molecule has 18 heavy (non-hydrogen) atoms. The van der Waals surface area contributed by atoms with Gasteiger partial charge in [0.2, 0.25) is 0 Å². The van der Waals surface area contributed by atoms with E-state index in [2.05, 4.69) is 40.6 Å². The number of morpholine rings is 1. The van der Waals surface area contributed by atoms with Crippen LogP contribution in [0.1, 0.15) is 12.0 Å². The molecule has 1 saturated heterocycles. The molecule has 0 aliphatic carbocycles. The van der Waals surface area contributed by atoms with E-state index >= 15 is 0 Å². The first-order valence-electron chi connectivity index (χ1n) is 6.82. The fourth-order valence-electron chi connectivity index (χ4n) is 2.66. The summed E-state index contributed by atoms with van der Waals surface area (Å²) in [6, 6.07) is 8.69. The zero-order valence-corrected chi connectivity index (χ0v) is 10.8. The third kappa shape index (κ3) is 2.68. The zero-order chi connectivity index (χ0) is 12.2. The summed E-state index contributed by atoms with van der Waals surface area (Å²) < 4.78 is 5.38. The number of rotatable bonds is 3. The Kier molecular flexibility index (Phi) is 3.81. The Labute approximate surface area is 109 Å². The lowest BCUT2D eigenvalue weighted by Crippen LogP contribution is -2.41. The van der Waals surface area contributed by atoms with Gasteiger partial charge >= 0.3 is 0 Å². The molecule has 3 rings (SSSR count). The molecule has 2 aliphatic rings. The first kappa shape index (κ1) is 12.0. The summed E-state index contributed by atoms with van der Waals surface area (Å²) in [6.45, 7) is 9.52. The minimum atomic E-state index is 0.879. The number of ether oxygens (including phenoxy) is 1. The van der Waals surface area contributed by atoms with Gasteiger partial charge in [-0.05, 0) is 24.5 Å². The molecule has 96 valence electrons. The lowest BCUT2D eigenvalue weighted by atomic mass is 10.0. The number of fused-ring (bicyclic) bond motifs is 1. The summed E-state index contributed by atoms with van der Waals surface area (Å²) in [6.07, 6.45) is 2.17. The molecule has 1 aromatic rings. The Bertz CT molecular complexity index is 388. The van der Waals surface area contributed by atoms with E-state index in [1.54, 1.807) is 0 Å². The molecule has 0 atom stereocenters. The number of aryl methyl sites for hydroxylation is 1. The van der Waals surface area contributed by atoms with Crippen molar-refractivity contribution in [3.63, 3.8) is 0 Å². The standard InChI is InChI=1S/C15H20N2O/c1-2-6-15-14(4-1)5-3-7-17(15)9-8-16-10-12-18-13-11-16/h1-2,4,6H,3,5,8-13H2. The summed E-state index contributed by atoms with van der Waals surface area (Å²) in [4.78, 5) is 4.77. The molecule has 0 aromatic heterocycles. The number of benzene rings is 1. The summed E-state index contributed by atoms with van der Waals surface area (Å²) in [5.74, 6) is 0. The number of anilines is 1. The largest absolute Gasteiger partial charge is 0.379 e. The van der Waals surface area contributed by atoms with Gasteiger partial charge in [0.05, 0.1) is 19.8 Å². The number of hydrogen-bond acceptors (Lipinski definition) is 3. The maximum absolute atomic E-state index is 5.38. The molecular formula is C15H20N2O. The monoisotopic (exact) mass is 244 g/mol. The van der Waals surface area contributed by atoms with Crippen molar-refractivity contribution in [2.75, 3.05) is 44.3 Å². The van der Waals surface area contributed by atoms with Gasteiger partial charge in [0, 0.05) is 31.9 Å². The highest BCUT2D eigenvalue weighted by Gasteiger charge is 2.18. The average Bonchev–Trinajstić information content (AvgIpc) is 2.46. The van der Waals surface area contributed by atoms with Crippen molar-refractivity contribution in [1.29, 1.82) is 0 Å². The third-order valence-electron chi connectivity index (χ3n) is 3.72. The molecule has 3 heteroatoms. The second-order valence-corrected chi connectivity index (χ2v) is 4.89. The van der Waals surface area contributed by atoms with Crippen molar-refractivity contribution in [2.24, 2.45) is 0 Å². The van der Waals surface area contributed by atoms with Crippen molar-refractivity contribution in [3.8, 4) is 0 Å². The van der Waals surface area contributed by atoms with Crippen LogP contribution in [-0.2, 0) is 11.2 Å². The molecule has 0 N–H and O–H groups in total. The molecule has 1 aromatic carbocycles. The van der Waals surface area contributed by atoms with Crippen LogP contribution in [0.2, 0.25) is 0 Å². The minimum absolute atomic E-state index is 0.879. The van der Waals surface area contributed by atoms with Gasteiger partial charge in [-0.2, -0.15) is 0 Å². The van der Waals surface area contributed by atoms with Crippen LogP contribution in [0.15, 0.2) is 24.3 Å². The highest BCUT2D eigenvalue weighted by atomic mass is 16.5. The third-order valence-corrected chi connectivity index (χ3v) is 3.72. The Morgan fingerprint density at radius 2 is 1.94 bits per heavy atom. The van der Waals surface area contributed by atoms with E-state index in [1.165, 1.54) is 11.3 Å². The Hall–Kier alpha value is -1.06. The maximum atomic E-state index is 5.38. The summed E-state index contributed by atoms with van der Waals surface area (Å²) >= 11 is 0. The van der Waals surface area contributed by atoms with E-state index in [1.807, 2.05) is 0 Å². The van der Waals surface area contributed by atoms with Gasteiger partial charge in [0.1, 0.15) is 0 Å². The van der Waals surface area contributed by atoms with Gasteiger partial charge in [-0.25, -0.2) is 0 Å². The first-order valence-corrected chi connectivity index (χ1v) is 6.82. The molecule has 2 heterocycles. The van der Waals surface area contributed by atoms with E-state index in [0.29, 0.717) is 0 Å². The number of hydrogen-bond donors (Lipinski definition) is 0. The predicted octanol–water partition coefficient (Wildman–Crippen LogP) is 1.81. The fraction of sp³-hybridized carbons (Fsp3) is 0.533. The Morgan fingerprint density at radius 3 is 2.83 bits per heavy atom. The molecule has 0 spiro atoms. The first-order chi connectivity index (χ1) is 8.93. The van der Waals surface area contributed by atoms with Crippen LogP contribution < -0.4 is 4.90 Å². The van der Waals surface area contributed by atoms with Crippen molar-refractivity contribution in [2.45, 2.75) is 12.8 Å². The van der Waals surface area contributed by atoms with Crippen LogP contribution in [-0.4, -0.2) is 44.3 Å². The van der Waals surface area contributed by atoms with Gasteiger partial charge in [0.15, 0.2) is 0 Å². The van der Waals surface area contributed by atoms with Crippen molar-refractivity contribution >= 4 is 5.69 Å². The predicted molar refractivity (Wildman–Crippen MR) is 72.6 cm³/mol. The maximum Gasteiger partial charge on any atom is 0.0915 e. The zero-order valence-electron chi connectivity index (χ0n) is 10.8. The van der Waals surface area contributed by atoms with E-state index in [9.17, 15) is 0 Å². The second-order valence-electron chi connectivity index (χ2n) is 4.89. The Morgan fingerprint density at radius 1 is 1.11 bits per heavy atom. The van der Waals surface area contributed by atoms with Crippen molar-refractivity contribution in [1.82, 2.24) is 4.90 Å². The SMILES string of the molecule is [C]1CCc2ccccc2N1CCN1CCOCC1. The molecule has 3 nitrogen and oxygen atoms in total. The summed E-state index contributed by atoms with van der Waals surface area (Å²) in [7, 11) is 0. The number of para-hydroxylation sites is 1. The van der Waals surface area contributed by atoms with E-state index < -0.39 is 0 Å². The molecular weight excluding hydrogens is 224 g/mol. The van der Waals surface area contributed by atoms with Gasteiger partial charge in [-0.3, -0.25) is 4.90 Å². The normalized spacial score (nSPS) is 20.8. The van der Waals surface area contributed by atoms with Crippen LogP contribution >= 0.6 is 0 Å². The van der Waals surface area contributed by atoms with Crippen LogP contribution in [0.4, 0.5) is 5.69 Å². The molecule has 1 fully saturated rings.